The van der Waals surface area contributed by atoms with E-state index in [9.17, 15) is 17.6 Å². The molecule has 0 heterocycles. The summed E-state index contributed by atoms with van der Waals surface area (Å²) in [6, 6.07) is 7.25. The third-order valence-electron chi connectivity index (χ3n) is 2.84. The molecule has 1 unspecified atom stereocenters. The van der Waals surface area contributed by atoms with Gasteiger partial charge in [0.2, 0.25) is 0 Å². The molecule has 0 N–H and O–H groups in total. The van der Waals surface area contributed by atoms with Crippen LogP contribution in [-0.4, -0.2) is 0 Å². The first-order valence-electron chi connectivity index (χ1n) is 5.66. The maximum absolute atomic E-state index is 14.0. The lowest BCUT2D eigenvalue weighted by molar-refractivity contribution is -0.140. The Balaban J connectivity index is 2.51. The molecule has 7 heteroatoms. The van der Waals surface area contributed by atoms with Gasteiger partial charge in [-0.25, -0.2) is 4.39 Å². The van der Waals surface area contributed by atoms with Crippen LogP contribution in [0.2, 0.25) is 10.0 Å². The molecule has 0 saturated heterocycles. The molecule has 0 fully saturated rings. The fraction of sp³-hybridized carbons (Fsp3) is 0.143. The lowest BCUT2D eigenvalue weighted by atomic mass is 10.0. The molecule has 0 radical (unpaired) electrons. The summed E-state index contributed by atoms with van der Waals surface area (Å²) >= 11 is 17.8. The lowest BCUT2D eigenvalue weighted by Gasteiger charge is -2.16. The Labute approximate surface area is 133 Å². The quantitative estimate of drug-likeness (QED) is 0.426. The van der Waals surface area contributed by atoms with Gasteiger partial charge in [-0.05, 0) is 23.8 Å². The van der Waals surface area contributed by atoms with Crippen molar-refractivity contribution in [3.63, 3.8) is 0 Å². The van der Waals surface area contributed by atoms with Crippen LogP contribution < -0.4 is 0 Å². The fourth-order valence-electron chi connectivity index (χ4n) is 1.84. The highest BCUT2D eigenvalue weighted by atomic mass is 35.5. The van der Waals surface area contributed by atoms with Crippen LogP contribution in [0.3, 0.4) is 0 Å². The first-order chi connectivity index (χ1) is 9.71. The Morgan fingerprint density at radius 3 is 2.19 bits per heavy atom. The minimum atomic E-state index is -4.79. The van der Waals surface area contributed by atoms with Crippen LogP contribution in [0.25, 0.3) is 0 Å². The van der Waals surface area contributed by atoms with Gasteiger partial charge in [0.15, 0.2) is 0 Å². The van der Waals surface area contributed by atoms with Crippen molar-refractivity contribution in [2.45, 2.75) is 11.6 Å². The van der Waals surface area contributed by atoms with Gasteiger partial charge in [-0.2, -0.15) is 13.2 Å². The molecule has 112 valence electrons. The third kappa shape index (κ3) is 3.44. The zero-order chi connectivity index (χ0) is 15.8. The predicted molar refractivity (Wildman–Crippen MR) is 75.6 cm³/mol. The highest BCUT2D eigenvalue weighted by Gasteiger charge is 2.35. The van der Waals surface area contributed by atoms with Gasteiger partial charge >= 0.3 is 6.18 Å². The van der Waals surface area contributed by atoms with E-state index in [0.717, 1.165) is 6.07 Å². The number of hydrogen-bond acceptors (Lipinski definition) is 0. The normalized spacial score (nSPS) is 13.3. The van der Waals surface area contributed by atoms with Crippen LogP contribution in [0.4, 0.5) is 17.6 Å². The molecule has 0 nitrogen and oxygen atoms in total. The summed E-state index contributed by atoms with van der Waals surface area (Å²) in [6.07, 6.45) is -4.79. The standard InChI is InChI=1S/C14H7Cl3F4/c15-7-4-5-8(11(16)6-7)12(17)9-2-1-3-10(13(9)18)14(19,20)21/h1-6,12H. The van der Waals surface area contributed by atoms with E-state index in [-0.39, 0.29) is 16.1 Å². The van der Waals surface area contributed by atoms with Gasteiger partial charge in [0.1, 0.15) is 5.82 Å². The molecule has 21 heavy (non-hydrogen) atoms. The van der Waals surface area contributed by atoms with Crippen LogP contribution in [0.15, 0.2) is 36.4 Å². The maximum atomic E-state index is 14.0. The van der Waals surface area contributed by atoms with Gasteiger partial charge < -0.3 is 0 Å². The summed E-state index contributed by atoms with van der Waals surface area (Å²) in [5.74, 6) is -1.41. The van der Waals surface area contributed by atoms with Crippen LogP contribution in [-0.2, 0) is 6.18 Å². The van der Waals surface area contributed by atoms with Gasteiger partial charge in [-0.15, -0.1) is 11.6 Å². The van der Waals surface area contributed by atoms with Gasteiger partial charge in [0.05, 0.1) is 10.9 Å². The molecule has 0 saturated carbocycles. The van der Waals surface area contributed by atoms with E-state index in [0.29, 0.717) is 11.1 Å². The van der Waals surface area contributed by atoms with Crippen LogP contribution in [0.5, 0.6) is 0 Å². The average Bonchev–Trinajstić information content (AvgIpc) is 2.37. The average molecular weight is 358 g/mol. The SMILES string of the molecule is Fc1c(C(Cl)c2ccc(Cl)cc2Cl)cccc1C(F)(F)F. The van der Waals surface area contributed by atoms with E-state index in [2.05, 4.69) is 0 Å². The van der Waals surface area contributed by atoms with Crippen molar-refractivity contribution in [3.05, 3.63) is 69.0 Å². The molecule has 2 aromatic rings. The number of alkyl halides is 4. The van der Waals surface area contributed by atoms with Crippen molar-refractivity contribution >= 4 is 34.8 Å². The largest absolute Gasteiger partial charge is 0.419 e. The first kappa shape index (κ1) is 16.4. The molecule has 2 rings (SSSR count). The first-order valence-corrected chi connectivity index (χ1v) is 6.85. The molecular weight excluding hydrogens is 351 g/mol. The van der Waals surface area contributed by atoms with Crippen molar-refractivity contribution in [2.24, 2.45) is 0 Å². The summed E-state index contributed by atoms with van der Waals surface area (Å²) in [6.45, 7) is 0. The Bertz CT molecular complexity index is 668. The minimum absolute atomic E-state index is 0.152. The van der Waals surface area contributed by atoms with Gasteiger partial charge in [-0.3, -0.25) is 0 Å². The molecule has 0 aliphatic rings. The van der Waals surface area contributed by atoms with Crippen LogP contribution in [0, 0.1) is 5.82 Å². The summed E-state index contributed by atoms with van der Waals surface area (Å²) in [5, 5.41) is -0.659. The second kappa shape index (κ2) is 6.03. The molecule has 0 spiro atoms. The molecule has 0 aliphatic heterocycles. The fourth-order valence-corrected chi connectivity index (χ4v) is 2.77. The Kier molecular flexibility index (Phi) is 4.71. The van der Waals surface area contributed by atoms with Crippen molar-refractivity contribution in [1.29, 1.82) is 0 Å². The monoisotopic (exact) mass is 356 g/mol. The molecule has 0 aliphatic carbocycles. The maximum Gasteiger partial charge on any atom is 0.419 e. The van der Waals surface area contributed by atoms with E-state index in [4.69, 9.17) is 34.8 Å². The van der Waals surface area contributed by atoms with Crippen molar-refractivity contribution in [1.82, 2.24) is 0 Å². The van der Waals surface area contributed by atoms with Gasteiger partial charge in [-0.1, -0.05) is 41.4 Å². The summed E-state index contributed by atoms with van der Waals surface area (Å²) in [7, 11) is 0. The second-order valence-corrected chi connectivity index (χ2v) is 5.52. The molecular formula is C14H7Cl3F4. The lowest BCUT2D eigenvalue weighted by Crippen LogP contribution is -2.11. The highest BCUT2D eigenvalue weighted by molar-refractivity contribution is 6.36. The summed E-state index contributed by atoms with van der Waals surface area (Å²) in [5.41, 5.74) is -1.38. The van der Waals surface area contributed by atoms with E-state index >= 15 is 0 Å². The smallest absolute Gasteiger partial charge is 0.206 e. The van der Waals surface area contributed by atoms with E-state index < -0.39 is 22.9 Å². The van der Waals surface area contributed by atoms with Crippen molar-refractivity contribution in [2.75, 3.05) is 0 Å². The molecule has 0 bridgehead atoms. The Morgan fingerprint density at radius 1 is 0.952 bits per heavy atom. The molecule has 2 aromatic carbocycles. The third-order valence-corrected chi connectivity index (χ3v) is 3.88. The Hall–Kier alpha value is -0.970. The van der Waals surface area contributed by atoms with E-state index in [1.165, 1.54) is 24.3 Å². The topological polar surface area (TPSA) is 0 Å². The summed E-state index contributed by atoms with van der Waals surface area (Å²) < 4.78 is 52.1. The van der Waals surface area contributed by atoms with Crippen LogP contribution in [0.1, 0.15) is 22.1 Å². The van der Waals surface area contributed by atoms with E-state index in [1.54, 1.807) is 0 Å². The molecule has 0 aromatic heterocycles. The molecule has 0 amide bonds. The van der Waals surface area contributed by atoms with Crippen molar-refractivity contribution < 1.29 is 17.6 Å². The summed E-state index contributed by atoms with van der Waals surface area (Å²) in [4.78, 5) is 0. The number of rotatable bonds is 2. The zero-order valence-electron chi connectivity index (χ0n) is 10.2. The van der Waals surface area contributed by atoms with Gasteiger partial charge in [0.25, 0.3) is 0 Å². The highest BCUT2D eigenvalue weighted by Crippen LogP contribution is 2.39. The number of hydrogen-bond donors (Lipinski definition) is 0. The minimum Gasteiger partial charge on any atom is -0.206 e. The number of halogens is 7. The van der Waals surface area contributed by atoms with Crippen LogP contribution >= 0.6 is 34.8 Å². The molecule has 1 atom stereocenters. The predicted octanol–water partition coefficient (Wildman–Crippen LogP) is 6.48. The Morgan fingerprint density at radius 2 is 1.62 bits per heavy atom. The van der Waals surface area contributed by atoms with Crippen molar-refractivity contribution in [3.8, 4) is 0 Å². The zero-order valence-corrected chi connectivity index (χ0v) is 12.5. The number of benzene rings is 2. The second-order valence-electron chi connectivity index (χ2n) is 4.23. The van der Waals surface area contributed by atoms with Gasteiger partial charge in [0, 0.05) is 15.6 Å². The van der Waals surface area contributed by atoms with E-state index in [1.807, 2.05) is 0 Å².